The quantitative estimate of drug-likeness (QED) is 0.914. The molecule has 0 fully saturated rings. The van der Waals surface area contributed by atoms with Gasteiger partial charge < -0.3 is 9.84 Å². The van der Waals surface area contributed by atoms with Crippen LogP contribution in [0.5, 0.6) is 5.75 Å². The Morgan fingerprint density at radius 2 is 1.95 bits per heavy atom. The Balaban J connectivity index is 2.63. The summed E-state index contributed by atoms with van der Waals surface area (Å²) in [6.45, 7) is 0. The van der Waals surface area contributed by atoms with Gasteiger partial charge in [0, 0.05) is 11.1 Å². The van der Waals surface area contributed by atoms with E-state index in [2.05, 4.69) is 0 Å². The summed E-state index contributed by atoms with van der Waals surface area (Å²) in [6, 6.07) is 2.37. The Labute approximate surface area is 109 Å². The molecular weight excluding hydrogens is 254 g/mol. The highest BCUT2D eigenvalue weighted by Crippen LogP contribution is 2.38. The van der Waals surface area contributed by atoms with Gasteiger partial charge in [0.2, 0.25) is 5.82 Å². The lowest BCUT2D eigenvalue weighted by Crippen LogP contribution is -2.10. The Morgan fingerprint density at radius 3 is 2.58 bits per heavy atom. The molecule has 1 N–H and O–H groups in total. The first-order chi connectivity index (χ1) is 9.06. The number of aliphatic carboxylic acids is 1. The monoisotopic (exact) mass is 268 g/mol. The van der Waals surface area contributed by atoms with Crippen LogP contribution in [0.2, 0.25) is 0 Å². The molecule has 1 aromatic rings. The molecule has 0 heterocycles. The van der Waals surface area contributed by atoms with Crippen molar-refractivity contribution in [1.82, 2.24) is 0 Å². The molecule has 0 atom stereocenters. The average Bonchev–Trinajstić information content (AvgIpc) is 2.41. The molecule has 0 bridgehead atoms. The number of halogens is 2. The third-order valence-electron chi connectivity index (χ3n) is 3.31. The molecule has 0 aliphatic heterocycles. The van der Waals surface area contributed by atoms with Crippen LogP contribution in [0.1, 0.15) is 31.2 Å². The molecule has 1 aliphatic carbocycles. The molecule has 1 aliphatic rings. The fourth-order valence-corrected chi connectivity index (χ4v) is 2.41. The summed E-state index contributed by atoms with van der Waals surface area (Å²) in [5.74, 6) is -3.33. The first kappa shape index (κ1) is 13.5. The van der Waals surface area contributed by atoms with Crippen LogP contribution in [0.25, 0.3) is 5.57 Å². The standard InChI is InChI=1S/C14H14F2O3/c1-19-13-9(6-7-11(15)12(13)16)8-4-2-3-5-10(8)14(17)18/h6-7H,2-5H2,1H3,(H,17,18). The lowest BCUT2D eigenvalue weighted by molar-refractivity contribution is -0.132. The van der Waals surface area contributed by atoms with Crippen molar-refractivity contribution in [3.63, 3.8) is 0 Å². The fraction of sp³-hybridized carbons (Fsp3) is 0.357. The van der Waals surface area contributed by atoms with Crippen LogP contribution in [0.15, 0.2) is 17.7 Å². The van der Waals surface area contributed by atoms with E-state index in [4.69, 9.17) is 4.74 Å². The summed E-state index contributed by atoms with van der Waals surface area (Å²) in [6.07, 6.45) is 2.58. The minimum atomic E-state index is -1.08. The van der Waals surface area contributed by atoms with Gasteiger partial charge in [0.25, 0.3) is 0 Å². The van der Waals surface area contributed by atoms with Crippen molar-refractivity contribution < 1.29 is 23.4 Å². The highest BCUT2D eigenvalue weighted by Gasteiger charge is 2.24. The van der Waals surface area contributed by atoms with Gasteiger partial charge in [-0.2, -0.15) is 4.39 Å². The van der Waals surface area contributed by atoms with Gasteiger partial charge in [-0.05, 0) is 43.4 Å². The zero-order chi connectivity index (χ0) is 14.0. The predicted molar refractivity (Wildman–Crippen MR) is 65.9 cm³/mol. The number of methoxy groups -OCH3 is 1. The van der Waals surface area contributed by atoms with E-state index in [1.54, 1.807) is 0 Å². The molecule has 19 heavy (non-hydrogen) atoms. The van der Waals surface area contributed by atoms with Crippen molar-refractivity contribution in [2.75, 3.05) is 7.11 Å². The van der Waals surface area contributed by atoms with E-state index < -0.39 is 17.6 Å². The molecule has 0 saturated carbocycles. The Hall–Kier alpha value is -1.91. The van der Waals surface area contributed by atoms with E-state index in [1.807, 2.05) is 0 Å². The van der Waals surface area contributed by atoms with E-state index in [0.717, 1.165) is 18.9 Å². The molecule has 0 radical (unpaired) electrons. The molecule has 2 rings (SSSR count). The predicted octanol–water partition coefficient (Wildman–Crippen LogP) is 3.39. The number of allylic oxidation sites excluding steroid dienone is 1. The minimum absolute atomic E-state index is 0.226. The van der Waals surface area contributed by atoms with Gasteiger partial charge >= 0.3 is 5.97 Å². The topological polar surface area (TPSA) is 46.5 Å². The van der Waals surface area contributed by atoms with Crippen molar-refractivity contribution in [3.8, 4) is 5.75 Å². The Kier molecular flexibility index (Phi) is 3.83. The molecule has 0 unspecified atom stereocenters. The van der Waals surface area contributed by atoms with Gasteiger partial charge in [-0.25, -0.2) is 9.18 Å². The van der Waals surface area contributed by atoms with Crippen molar-refractivity contribution in [1.29, 1.82) is 0 Å². The molecule has 5 heteroatoms. The Bertz CT molecular complexity index is 550. The number of rotatable bonds is 3. The zero-order valence-corrected chi connectivity index (χ0v) is 10.5. The number of hydrogen-bond donors (Lipinski definition) is 1. The maximum Gasteiger partial charge on any atom is 0.331 e. The van der Waals surface area contributed by atoms with Gasteiger partial charge in [0.1, 0.15) is 0 Å². The summed E-state index contributed by atoms with van der Waals surface area (Å²) in [4.78, 5) is 11.2. The van der Waals surface area contributed by atoms with Crippen molar-refractivity contribution >= 4 is 11.5 Å². The summed E-state index contributed by atoms with van der Waals surface area (Å²) in [5.41, 5.74) is 1.13. The highest BCUT2D eigenvalue weighted by atomic mass is 19.2. The van der Waals surface area contributed by atoms with Gasteiger partial charge in [-0.15, -0.1) is 0 Å². The van der Waals surface area contributed by atoms with E-state index >= 15 is 0 Å². The van der Waals surface area contributed by atoms with Crippen LogP contribution in [0, 0.1) is 11.6 Å². The molecule has 0 amide bonds. The molecule has 1 aromatic carbocycles. The molecule has 0 aromatic heterocycles. The van der Waals surface area contributed by atoms with E-state index in [-0.39, 0.29) is 11.3 Å². The van der Waals surface area contributed by atoms with Gasteiger partial charge in [-0.1, -0.05) is 0 Å². The number of carboxylic acids is 1. The lowest BCUT2D eigenvalue weighted by Gasteiger charge is -2.20. The number of carbonyl (C=O) groups is 1. The van der Waals surface area contributed by atoms with Crippen LogP contribution < -0.4 is 4.74 Å². The molecule has 3 nitrogen and oxygen atoms in total. The Morgan fingerprint density at radius 1 is 1.26 bits per heavy atom. The normalized spacial score (nSPS) is 15.5. The third-order valence-corrected chi connectivity index (χ3v) is 3.31. The second kappa shape index (κ2) is 5.38. The van der Waals surface area contributed by atoms with Gasteiger partial charge in [0.05, 0.1) is 7.11 Å². The van der Waals surface area contributed by atoms with Gasteiger partial charge in [-0.3, -0.25) is 0 Å². The first-order valence-electron chi connectivity index (χ1n) is 6.04. The number of ether oxygens (including phenoxy) is 1. The maximum atomic E-state index is 13.7. The van der Waals surface area contributed by atoms with Crippen molar-refractivity contribution in [2.45, 2.75) is 25.7 Å². The van der Waals surface area contributed by atoms with Crippen molar-refractivity contribution in [2.24, 2.45) is 0 Å². The van der Waals surface area contributed by atoms with E-state index in [1.165, 1.54) is 13.2 Å². The average molecular weight is 268 g/mol. The molecule has 102 valence electrons. The van der Waals surface area contributed by atoms with Crippen LogP contribution >= 0.6 is 0 Å². The number of benzene rings is 1. The maximum absolute atomic E-state index is 13.7. The highest BCUT2D eigenvalue weighted by molar-refractivity contribution is 5.97. The number of carboxylic acid groups (broad SMARTS) is 1. The molecule has 0 saturated heterocycles. The molecule has 0 spiro atoms. The third kappa shape index (κ3) is 2.45. The van der Waals surface area contributed by atoms with E-state index in [9.17, 15) is 18.7 Å². The first-order valence-corrected chi connectivity index (χ1v) is 6.04. The largest absolute Gasteiger partial charge is 0.493 e. The van der Waals surface area contributed by atoms with Gasteiger partial charge in [0.15, 0.2) is 11.6 Å². The van der Waals surface area contributed by atoms with Crippen molar-refractivity contribution in [3.05, 3.63) is 34.9 Å². The van der Waals surface area contributed by atoms with Crippen LogP contribution in [-0.4, -0.2) is 18.2 Å². The smallest absolute Gasteiger partial charge is 0.331 e. The number of hydrogen-bond acceptors (Lipinski definition) is 2. The summed E-state index contributed by atoms with van der Waals surface area (Å²) >= 11 is 0. The van der Waals surface area contributed by atoms with Crippen LogP contribution in [0.3, 0.4) is 0 Å². The second-order valence-corrected chi connectivity index (χ2v) is 4.41. The molecular formula is C14H14F2O3. The lowest BCUT2D eigenvalue weighted by atomic mass is 9.87. The van der Waals surface area contributed by atoms with E-state index in [0.29, 0.717) is 24.0 Å². The summed E-state index contributed by atoms with van der Waals surface area (Å²) < 4.78 is 31.8. The summed E-state index contributed by atoms with van der Waals surface area (Å²) in [7, 11) is 1.24. The minimum Gasteiger partial charge on any atom is -0.493 e. The van der Waals surface area contributed by atoms with Crippen LogP contribution in [0.4, 0.5) is 8.78 Å². The summed E-state index contributed by atoms with van der Waals surface area (Å²) in [5, 5.41) is 9.19. The van der Waals surface area contributed by atoms with Crippen LogP contribution in [-0.2, 0) is 4.79 Å². The second-order valence-electron chi connectivity index (χ2n) is 4.41. The zero-order valence-electron chi connectivity index (χ0n) is 10.5. The fourth-order valence-electron chi connectivity index (χ4n) is 2.41. The SMILES string of the molecule is COc1c(C2=C(C(=O)O)CCCC2)ccc(F)c1F.